The second-order valence-electron chi connectivity index (χ2n) is 6.16. The SMILES string of the molecule is Cn1c(C(=O)NCCc2c[nH]c3ccc(Cl)cc23)cc2ccccc21. The van der Waals surface area contributed by atoms with Crippen LogP contribution in [0.15, 0.2) is 54.7 Å². The van der Waals surface area contributed by atoms with Gasteiger partial charge in [-0.1, -0.05) is 29.8 Å². The summed E-state index contributed by atoms with van der Waals surface area (Å²) in [6.07, 6.45) is 2.72. The van der Waals surface area contributed by atoms with Crippen LogP contribution < -0.4 is 5.32 Å². The first kappa shape index (κ1) is 15.8. The number of rotatable bonds is 4. The molecule has 0 saturated carbocycles. The molecule has 0 fully saturated rings. The molecule has 4 rings (SSSR count). The van der Waals surface area contributed by atoms with Crippen molar-refractivity contribution in [2.45, 2.75) is 6.42 Å². The topological polar surface area (TPSA) is 49.8 Å². The number of aromatic amines is 1. The van der Waals surface area contributed by atoms with Crippen LogP contribution in [0.3, 0.4) is 0 Å². The molecule has 0 radical (unpaired) electrons. The summed E-state index contributed by atoms with van der Waals surface area (Å²) in [6, 6.07) is 15.7. The minimum Gasteiger partial charge on any atom is -0.361 e. The normalized spacial score (nSPS) is 11.3. The van der Waals surface area contributed by atoms with Crippen LogP contribution in [-0.2, 0) is 13.5 Å². The molecule has 0 aliphatic rings. The molecular weight excluding hydrogens is 334 g/mol. The number of benzene rings is 2. The predicted octanol–water partition coefficient (Wildman–Crippen LogP) is 4.29. The molecule has 1 amide bonds. The van der Waals surface area contributed by atoms with Crippen LogP contribution in [0, 0.1) is 0 Å². The lowest BCUT2D eigenvalue weighted by Gasteiger charge is -2.06. The van der Waals surface area contributed by atoms with Gasteiger partial charge in [-0.3, -0.25) is 4.79 Å². The van der Waals surface area contributed by atoms with E-state index in [1.54, 1.807) is 0 Å². The average Bonchev–Trinajstić information content (AvgIpc) is 3.16. The highest BCUT2D eigenvalue weighted by Crippen LogP contribution is 2.22. The van der Waals surface area contributed by atoms with Gasteiger partial charge in [0.05, 0.1) is 0 Å². The molecule has 2 aromatic heterocycles. The van der Waals surface area contributed by atoms with E-state index in [9.17, 15) is 4.79 Å². The van der Waals surface area contributed by atoms with Crippen molar-refractivity contribution in [3.05, 3.63) is 71.0 Å². The third-order valence-electron chi connectivity index (χ3n) is 4.59. The molecule has 4 aromatic rings. The zero-order valence-corrected chi connectivity index (χ0v) is 14.6. The molecular formula is C20H18ClN3O. The number of halogens is 1. The Morgan fingerprint density at radius 2 is 2.04 bits per heavy atom. The lowest BCUT2D eigenvalue weighted by Crippen LogP contribution is -2.27. The molecule has 5 heteroatoms. The molecule has 0 aliphatic carbocycles. The first-order chi connectivity index (χ1) is 12.1. The number of aryl methyl sites for hydroxylation is 1. The Balaban J connectivity index is 1.48. The van der Waals surface area contributed by atoms with E-state index < -0.39 is 0 Å². The van der Waals surface area contributed by atoms with Crippen molar-refractivity contribution in [1.29, 1.82) is 0 Å². The Morgan fingerprint density at radius 3 is 2.88 bits per heavy atom. The average molecular weight is 352 g/mol. The zero-order valence-electron chi connectivity index (χ0n) is 13.8. The Labute approximate surface area is 150 Å². The monoisotopic (exact) mass is 351 g/mol. The summed E-state index contributed by atoms with van der Waals surface area (Å²) in [4.78, 5) is 15.8. The largest absolute Gasteiger partial charge is 0.361 e. The zero-order chi connectivity index (χ0) is 17.4. The molecule has 0 unspecified atom stereocenters. The number of hydrogen-bond donors (Lipinski definition) is 2. The van der Waals surface area contributed by atoms with Gasteiger partial charge in [-0.2, -0.15) is 0 Å². The number of nitrogens with one attached hydrogen (secondary N) is 2. The fourth-order valence-corrected chi connectivity index (χ4v) is 3.44. The number of amides is 1. The van der Waals surface area contributed by atoms with Crippen molar-refractivity contribution in [3.8, 4) is 0 Å². The van der Waals surface area contributed by atoms with Gasteiger partial charge in [-0.25, -0.2) is 0 Å². The van der Waals surface area contributed by atoms with Gasteiger partial charge in [0.1, 0.15) is 5.69 Å². The van der Waals surface area contributed by atoms with Crippen LogP contribution in [0.2, 0.25) is 5.02 Å². The Kier molecular flexibility index (Phi) is 3.98. The molecule has 0 aliphatic heterocycles. The highest BCUT2D eigenvalue weighted by molar-refractivity contribution is 6.31. The molecule has 126 valence electrons. The van der Waals surface area contributed by atoms with Gasteiger partial charge in [0, 0.05) is 46.6 Å². The van der Waals surface area contributed by atoms with Gasteiger partial charge in [-0.05, 0) is 42.3 Å². The quantitative estimate of drug-likeness (QED) is 0.566. The third-order valence-corrected chi connectivity index (χ3v) is 4.83. The van der Waals surface area contributed by atoms with Crippen LogP contribution >= 0.6 is 11.6 Å². The van der Waals surface area contributed by atoms with Gasteiger partial charge < -0.3 is 14.9 Å². The summed E-state index contributed by atoms with van der Waals surface area (Å²) in [6.45, 7) is 0.569. The predicted molar refractivity (Wildman–Crippen MR) is 102 cm³/mol. The number of H-pyrrole nitrogens is 1. The van der Waals surface area contributed by atoms with Gasteiger partial charge in [0.15, 0.2) is 0 Å². The first-order valence-electron chi connectivity index (χ1n) is 8.21. The first-order valence-corrected chi connectivity index (χ1v) is 8.59. The molecule has 2 aromatic carbocycles. The number of para-hydroxylation sites is 1. The number of nitrogens with zero attached hydrogens (tertiary/aromatic N) is 1. The maximum Gasteiger partial charge on any atom is 0.267 e. The van der Waals surface area contributed by atoms with Gasteiger partial charge in [-0.15, -0.1) is 0 Å². The highest BCUT2D eigenvalue weighted by atomic mass is 35.5. The second-order valence-corrected chi connectivity index (χ2v) is 6.59. The maximum absolute atomic E-state index is 12.5. The van der Waals surface area contributed by atoms with Crippen molar-refractivity contribution in [2.75, 3.05) is 6.54 Å². The molecule has 0 atom stereocenters. The van der Waals surface area contributed by atoms with E-state index in [0.717, 1.165) is 33.8 Å². The van der Waals surface area contributed by atoms with Crippen molar-refractivity contribution in [1.82, 2.24) is 14.9 Å². The Bertz CT molecular complexity index is 1080. The van der Waals surface area contributed by atoms with E-state index in [2.05, 4.69) is 10.3 Å². The highest BCUT2D eigenvalue weighted by Gasteiger charge is 2.13. The summed E-state index contributed by atoms with van der Waals surface area (Å²) >= 11 is 6.08. The van der Waals surface area contributed by atoms with Crippen LogP contribution in [0.1, 0.15) is 16.1 Å². The standard InChI is InChI=1S/C20H18ClN3O/c1-24-18-5-3-2-4-13(18)10-19(24)20(25)22-9-8-14-12-23-17-7-6-15(21)11-16(14)17/h2-7,10-12,23H,8-9H2,1H3,(H,22,25). The summed E-state index contributed by atoms with van der Waals surface area (Å²) < 4.78 is 1.93. The molecule has 2 N–H and O–H groups in total. The van der Waals surface area contributed by atoms with Gasteiger partial charge >= 0.3 is 0 Å². The fraction of sp³-hybridized carbons (Fsp3) is 0.150. The molecule has 25 heavy (non-hydrogen) atoms. The Hall–Kier alpha value is -2.72. The van der Waals surface area contributed by atoms with E-state index in [4.69, 9.17) is 11.6 Å². The Morgan fingerprint density at radius 1 is 1.20 bits per heavy atom. The molecule has 0 spiro atoms. The smallest absolute Gasteiger partial charge is 0.267 e. The lowest BCUT2D eigenvalue weighted by atomic mass is 10.1. The summed E-state index contributed by atoms with van der Waals surface area (Å²) in [7, 11) is 1.92. The fourth-order valence-electron chi connectivity index (χ4n) is 3.27. The van der Waals surface area contributed by atoms with E-state index in [1.807, 2.05) is 66.3 Å². The lowest BCUT2D eigenvalue weighted by molar-refractivity contribution is 0.0946. The number of hydrogen-bond acceptors (Lipinski definition) is 1. The van der Waals surface area contributed by atoms with Crippen LogP contribution in [0.5, 0.6) is 0 Å². The van der Waals surface area contributed by atoms with E-state index in [-0.39, 0.29) is 5.91 Å². The number of aromatic nitrogens is 2. The molecule has 2 heterocycles. The van der Waals surface area contributed by atoms with Crippen molar-refractivity contribution < 1.29 is 4.79 Å². The van der Waals surface area contributed by atoms with Crippen LogP contribution in [0.4, 0.5) is 0 Å². The van der Waals surface area contributed by atoms with Crippen molar-refractivity contribution in [3.63, 3.8) is 0 Å². The number of fused-ring (bicyclic) bond motifs is 2. The maximum atomic E-state index is 12.5. The van der Waals surface area contributed by atoms with Crippen LogP contribution in [-0.4, -0.2) is 22.0 Å². The minimum absolute atomic E-state index is 0.0587. The van der Waals surface area contributed by atoms with E-state index in [0.29, 0.717) is 17.3 Å². The van der Waals surface area contributed by atoms with Crippen molar-refractivity contribution in [2.24, 2.45) is 7.05 Å². The summed E-state index contributed by atoms with van der Waals surface area (Å²) in [5, 5.41) is 5.90. The van der Waals surface area contributed by atoms with E-state index in [1.165, 1.54) is 0 Å². The van der Waals surface area contributed by atoms with Gasteiger partial charge in [0.25, 0.3) is 5.91 Å². The minimum atomic E-state index is -0.0587. The summed E-state index contributed by atoms with van der Waals surface area (Å²) in [5.74, 6) is -0.0587. The van der Waals surface area contributed by atoms with Crippen molar-refractivity contribution >= 4 is 39.3 Å². The number of carbonyl (C=O) groups excluding carboxylic acids is 1. The third kappa shape index (κ3) is 2.89. The van der Waals surface area contributed by atoms with Gasteiger partial charge in [0.2, 0.25) is 0 Å². The molecule has 0 bridgehead atoms. The molecule has 4 nitrogen and oxygen atoms in total. The second kappa shape index (κ2) is 6.30. The molecule has 0 saturated heterocycles. The van der Waals surface area contributed by atoms with E-state index >= 15 is 0 Å². The number of carbonyl (C=O) groups is 1. The van der Waals surface area contributed by atoms with Crippen LogP contribution in [0.25, 0.3) is 21.8 Å². The summed E-state index contributed by atoms with van der Waals surface area (Å²) in [5.41, 5.74) is 3.93.